The molecule has 0 unspecified atom stereocenters. The summed E-state index contributed by atoms with van der Waals surface area (Å²) in [5.74, 6) is 8.77. The monoisotopic (exact) mass is 384 g/mol. The first-order valence-electron chi connectivity index (χ1n) is 7.81. The van der Waals surface area contributed by atoms with Gasteiger partial charge in [-0.1, -0.05) is 24.3 Å². The highest BCUT2D eigenvalue weighted by atomic mass is 32.1. The molecule has 2 amide bonds. The molecule has 0 saturated carbocycles. The molecule has 27 heavy (non-hydrogen) atoms. The van der Waals surface area contributed by atoms with Gasteiger partial charge in [-0.05, 0) is 29.7 Å². The summed E-state index contributed by atoms with van der Waals surface area (Å²) < 4.78 is 0. The summed E-state index contributed by atoms with van der Waals surface area (Å²) in [5, 5.41) is 7.35. The second-order valence-electron chi connectivity index (χ2n) is 5.46. The number of carbonyl (C=O) groups excluding carboxylic acids is 3. The number of anilines is 1. The zero-order valence-electron chi connectivity index (χ0n) is 14.0. The van der Waals surface area contributed by atoms with E-state index in [1.54, 1.807) is 47.8 Å². The van der Waals surface area contributed by atoms with Crippen LogP contribution in [-0.2, 0) is 9.59 Å². The van der Waals surface area contributed by atoms with Crippen LogP contribution in [0.4, 0.5) is 5.69 Å². The summed E-state index contributed by atoms with van der Waals surface area (Å²) in [5.41, 5.74) is 4.45. The number of allylic oxidation sites excluding steroid dienone is 1. The van der Waals surface area contributed by atoms with E-state index in [1.165, 1.54) is 22.4 Å². The van der Waals surface area contributed by atoms with Crippen LogP contribution < -0.4 is 27.5 Å². The smallest absolute Gasteiger partial charge is 0.263 e. The van der Waals surface area contributed by atoms with Gasteiger partial charge in [0, 0.05) is 0 Å². The number of hydrogen-bond donors (Lipinski definition) is 4. The number of thiophene rings is 1. The van der Waals surface area contributed by atoms with Crippen LogP contribution in [0.15, 0.2) is 64.6 Å². The number of para-hydroxylation sites is 1. The van der Waals surface area contributed by atoms with Crippen LogP contribution in [-0.4, -0.2) is 29.4 Å². The van der Waals surface area contributed by atoms with Crippen molar-refractivity contribution in [2.24, 2.45) is 16.8 Å². The average molecular weight is 384 g/mol. The standard InChI is InChI=1S/C17H16N6O3S/c18-20-16(25)11-9-12(15(24)13-7-4-8-27-13)22-23(14(11)17(26)21-19)10-5-2-1-3-6-10/h1-9,14H,18-19H2,(H,20,25)(H,21,26)/t14-/m0/s1. The maximum Gasteiger partial charge on any atom is 0.263 e. The van der Waals surface area contributed by atoms with Crippen LogP contribution in [0.1, 0.15) is 9.67 Å². The van der Waals surface area contributed by atoms with Gasteiger partial charge in [-0.15, -0.1) is 11.3 Å². The van der Waals surface area contributed by atoms with Crippen LogP contribution >= 0.6 is 11.3 Å². The molecule has 9 nitrogen and oxygen atoms in total. The van der Waals surface area contributed by atoms with Crippen molar-refractivity contribution in [3.05, 3.63) is 64.4 Å². The summed E-state index contributed by atoms with van der Waals surface area (Å²) in [4.78, 5) is 37.9. The molecule has 2 aromatic rings. The van der Waals surface area contributed by atoms with Crippen LogP contribution in [0, 0.1) is 0 Å². The quantitative estimate of drug-likeness (QED) is 0.249. The minimum atomic E-state index is -1.19. The number of nitrogens with zero attached hydrogens (tertiary/aromatic N) is 2. The molecule has 2 heterocycles. The molecular weight excluding hydrogens is 368 g/mol. The lowest BCUT2D eigenvalue weighted by Gasteiger charge is -2.32. The van der Waals surface area contributed by atoms with Crippen molar-refractivity contribution in [3.63, 3.8) is 0 Å². The van der Waals surface area contributed by atoms with E-state index >= 15 is 0 Å². The number of hydrazine groups is 2. The number of carbonyl (C=O) groups is 3. The van der Waals surface area contributed by atoms with Gasteiger partial charge in [-0.25, -0.2) is 16.7 Å². The second-order valence-corrected chi connectivity index (χ2v) is 6.40. The molecule has 1 aromatic heterocycles. The lowest BCUT2D eigenvalue weighted by Crippen LogP contribution is -2.53. The summed E-state index contributed by atoms with van der Waals surface area (Å²) in [6.45, 7) is 0. The lowest BCUT2D eigenvalue weighted by molar-refractivity contribution is -0.124. The first kappa shape index (κ1) is 18.5. The summed E-state index contributed by atoms with van der Waals surface area (Å²) in [6, 6.07) is 10.8. The van der Waals surface area contributed by atoms with Gasteiger partial charge < -0.3 is 0 Å². The number of nitrogens with one attached hydrogen (secondary N) is 2. The SMILES string of the molecule is NNC(=O)C1=CC(C(=O)c2cccs2)=NN(c2ccccc2)[C@@H]1C(=O)NN. The predicted octanol–water partition coefficient (Wildman–Crippen LogP) is 0.0818. The molecular formula is C17H16N6O3S. The highest BCUT2D eigenvalue weighted by molar-refractivity contribution is 7.13. The molecule has 1 atom stereocenters. The maximum atomic E-state index is 12.8. The van der Waals surface area contributed by atoms with Crippen molar-refractivity contribution in [3.8, 4) is 0 Å². The third-order valence-corrected chi connectivity index (χ3v) is 4.70. The first-order chi connectivity index (χ1) is 13.1. The molecule has 1 aliphatic rings. The predicted molar refractivity (Wildman–Crippen MR) is 102 cm³/mol. The molecule has 138 valence electrons. The number of nitrogens with two attached hydrogens (primary N) is 2. The number of amides is 2. The maximum absolute atomic E-state index is 12.8. The fourth-order valence-corrected chi connectivity index (χ4v) is 3.27. The van der Waals surface area contributed by atoms with Gasteiger partial charge in [0.1, 0.15) is 5.71 Å². The molecule has 0 bridgehead atoms. The Morgan fingerprint density at radius 2 is 1.78 bits per heavy atom. The van der Waals surface area contributed by atoms with Crippen molar-refractivity contribution >= 4 is 40.3 Å². The molecule has 0 spiro atoms. The third-order valence-electron chi connectivity index (χ3n) is 3.83. The van der Waals surface area contributed by atoms with Gasteiger partial charge in [0.2, 0.25) is 5.78 Å². The van der Waals surface area contributed by atoms with Crippen molar-refractivity contribution in [2.75, 3.05) is 5.01 Å². The summed E-state index contributed by atoms with van der Waals surface area (Å²) in [6.07, 6.45) is 1.25. The third kappa shape index (κ3) is 3.62. The van der Waals surface area contributed by atoms with Gasteiger partial charge in [0.05, 0.1) is 16.1 Å². The van der Waals surface area contributed by atoms with E-state index < -0.39 is 17.9 Å². The van der Waals surface area contributed by atoms with E-state index in [0.29, 0.717) is 10.6 Å². The molecule has 0 radical (unpaired) electrons. The number of hydrazone groups is 1. The van der Waals surface area contributed by atoms with E-state index in [0.717, 1.165) is 0 Å². The minimum Gasteiger partial charge on any atom is -0.292 e. The normalized spacial score (nSPS) is 16.2. The van der Waals surface area contributed by atoms with Gasteiger partial charge >= 0.3 is 0 Å². The molecule has 0 fully saturated rings. The Kier molecular flexibility index (Phi) is 5.41. The Hall–Kier alpha value is -3.34. The van der Waals surface area contributed by atoms with Gasteiger partial charge in [-0.3, -0.25) is 25.2 Å². The van der Waals surface area contributed by atoms with Gasteiger partial charge in [0.25, 0.3) is 11.8 Å². The van der Waals surface area contributed by atoms with Gasteiger partial charge in [-0.2, -0.15) is 5.10 Å². The van der Waals surface area contributed by atoms with Crippen molar-refractivity contribution in [1.29, 1.82) is 0 Å². The molecule has 0 aliphatic carbocycles. The fourth-order valence-electron chi connectivity index (χ4n) is 2.60. The molecule has 10 heteroatoms. The largest absolute Gasteiger partial charge is 0.292 e. The first-order valence-corrected chi connectivity index (χ1v) is 8.69. The van der Waals surface area contributed by atoms with E-state index in [-0.39, 0.29) is 17.1 Å². The summed E-state index contributed by atoms with van der Waals surface area (Å²) in [7, 11) is 0. The van der Waals surface area contributed by atoms with Crippen molar-refractivity contribution in [2.45, 2.75) is 6.04 Å². The van der Waals surface area contributed by atoms with Crippen LogP contribution in [0.5, 0.6) is 0 Å². The van der Waals surface area contributed by atoms with E-state index in [1.807, 2.05) is 10.9 Å². The van der Waals surface area contributed by atoms with Crippen molar-refractivity contribution < 1.29 is 14.4 Å². The number of ketones is 1. The molecule has 3 rings (SSSR count). The highest BCUT2D eigenvalue weighted by Crippen LogP contribution is 2.26. The van der Waals surface area contributed by atoms with Crippen molar-refractivity contribution in [1.82, 2.24) is 10.9 Å². The van der Waals surface area contributed by atoms with Crippen LogP contribution in [0.25, 0.3) is 0 Å². The Morgan fingerprint density at radius 3 is 2.37 bits per heavy atom. The van der Waals surface area contributed by atoms with E-state index in [9.17, 15) is 14.4 Å². The Bertz CT molecular complexity index is 923. The van der Waals surface area contributed by atoms with E-state index in [2.05, 4.69) is 5.10 Å². The highest BCUT2D eigenvalue weighted by Gasteiger charge is 2.38. The zero-order chi connectivity index (χ0) is 19.4. The Morgan fingerprint density at radius 1 is 1.04 bits per heavy atom. The number of hydrogen-bond acceptors (Lipinski definition) is 8. The second kappa shape index (κ2) is 7.91. The average Bonchev–Trinajstić information content (AvgIpc) is 3.26. The van der Waals surface area contributed by atoms with Crippen LogP contribution in [0.3, 0.4) is 0 Å². The Balaban J connectivity index is 2.14. The summed E-state index contributed by atoms with van der Waals surface area (Å²) >= 11 is 1.25. The zero-order valence-corrected chi connectivity index (χ0v) is 14.8. The lowest BCUT2D eigenvalue weighted by atomic mass is 9.99. The fraction of sp³-hybridized carbons (Fsp3) is 0.0588. The molecule has 6 N–H and O–H groups in total. The number of rotatable bonds is 5. The number of benzene rings is 1. The number of Topliss-reactive ketones (excluding diaryl/α,β-unsaturated/α-hetero) is 1. The molecule has 1 aliphatic heterocycles. The minimum absolute atomic E-state index is 0.000902. The van der Waals surface area contributed by atoms with Gasteiger partial charge in [0.15, 0.2) is 6.04 Å². The van der Waals surface area contributed by atoms with Crippen LogP contribution in [0.2, 0.25) is 0 Å². The topological polar surface area (TPSA) is 143 Å². The molecule has 1 aromatic carbocycles. The molecule has 0 saturated heterocycles. The Labute approximate surface area is 158 Å². The van der Waals surface area contributed by atoms with E-state index in [4.69, 9.17) is 11.7 Å².